The van der Waals surface area contributed by atoms with Gasteiger partial charge in [0.25, 0.3) is 5.91 Å². The molecule has 3 aromatic rings. The number of nitrogens with zero attached hydrogens (tertiary/aromatic N) is 5. The zero-order valence-corrected chi connectivity index (χ0v) is 25.9. The molecule has 2 saturated heterocycles. The van der Waals surface area contributed by atoms with Crippen molar-refractivity contribution < 1.29 is 24.2 Å². The van der Waals surface area contributed by atoms with Crippen LogP contribution in [0.3, 0.4) is 0 Å². The molecule has 3 aliphatic heterocycles. The van der Waals surface area contributed by atoms with E-state index in [1.165, 1.54) is 5.19 Å². The van der Waals surface area contributed by atoms with Crippen molar-refractivity contribution in [1.29, 1.82) is 0 Å². The minimum Gasteiger partial charge on any atom is -0.497 e. The number of aryl methyl sites for hydroxylation is 1. The highest BCUT2D eigenvalue weighted by Gasteiger charge is 2.65. The van der Waals surface area contributed by atoms with E-state index in [1.54, 1.807) is 21.6 Å². The number of likely N-dealkylation sites (N-methyl/N-ethyl adjacent to an activating group) is 1. The summed E-state index contributed by atoms with van der Waals surface area (Å²) < 4.78 is 14.3. The number of rotatable bonds is 9. The lowest BCUT2D eigenvalue weighted by Gasteiger charge is -2.37. The van der Waals surface area contributed by atoms with E-state index in [0.717, 1.165) is 28.4 Å². The maximum absolute atomic E-state index is 14.3. The molecule has 0 radical (unpaired) electrons. The quantitative estimate of drug-likeness (QED) is 0.302. The number of amides is 2. The topological polar surface area (TPSA) is 110 Å². The number of hydrogen-bond acceptors (Lipinski definition) is 7. The minimum atomic E-state index is -2.26. The number of aliphatic hydroxyl groups excluding tert-OH is 1. The number of carbonyl (C=O) groups excluding carboxylic acids is 2. The molecule has 2 amide bonds. The first-order valence-electron chi connectivity index (χ1n) is 14.7. The largest absolute Gasteiger partial charge is 0.497 e. The molecule has 4 atom stereocenters. The van der Waals surface area contributed by atoms with Crippen molar-refractivity contribution in [2.24, 2.45) is 5.92 Å². The lowest BCUT2D eigenvalue weighted by atomic mass is 9.82. The molecule has 2 fully saturated rings. The summed E-state index contributed by atoms with van der Waals surface area (Å²) >= 11 is 0. The molecule has 3 aliphatic rings. The summed E-state index contributed by atoms with van der Waals surface area (Å²) in [4.78, 5) is 30.1. The first kappa shape index (κ1) is 28.6. The zero-order chi connectivity index (χ0) is 29.8. The van der Waals surface area contributed by atoms with Crippen LogP contribution >= 0.6 is 0 Å². The highest BCUT2D eigenvalue weighted by molar-refractivity contribution is 6.91. The lowest BCUT2D eigenvalue weighted by molar-refractivity contribution is -0.145. The van der Waals surface area contributed by atoms with Gasteiger partial charge in [0.05, 0.1) is 32.7 Å². The monoisotopic (exact) mass is 589 g/mol. The Bertz CT molecular complexity index is 1510. The Balaban J connectivity index is 1.41. The molecule has 1 spiro atoms. The number of hydrogen-bond donors (Lipinski definition) is 1. The van der Waals surface area contributed by atoms with Gasteiger partial charge in [-0.3, -0.25) is 14.3 Å². The van der Waals surface area contributed by atoms with Crippen LogP contribution in [-0.4, -0.2) is 73.4 Å². The average Bonchev–Trinajstić information content (AvgIpc) is 3.62. The van der Waals surface area contributed by atoms with Crippen LogP contribution in [0, 0.1) is 5.92 Å². The van der Waals surface area contributed by atoms with Crippen LogP contribution in [0.5, 0.6) is 5.75 Å². The number of carbonyl (C=O) groups is 2. The SMILES string of the molecule is COc1ccc([Si](C)(C)[C@H]2[C@H](CCn3cc(CCO)nn3)O[C@@]3(C(=O)N(C)c4ccc(N5CCC5=O)cc43)[C@@H]2C)cc1. The maximum Gasteiger partial charge on any atom is 0.264 e. The fraction of sp³-hybridized carbons (Fsp3) is 0.484. The van der Waals surface area contributed by atoms with Crippen LogP contribution in [0.25, 0.3) is 0 Å². The van der Waals surface area contributed by atoms with Gasteiger partial charge in [-0.2, -0.15) is 0 Å². The third kappa shape index (κ3) is 4.37. The van der Waals surface area contributed by atoms with Crippen LogP contribution in [0.4, 0.5) is 11.4 Å². The smallest absolute Gasteiger partial charge is 0.264 e. The maximum atomic E-state index is 14.3. The molecule has 11 heteroatoms. The van der Waals surface area contributed by atoms with E-state index in [9.17, 15) is 14.7 Å². The van der Waals surface area contributed by atoms with Gasteiger partial charge in [-0.15, -0.1) is 5.10 Å². The van der Waals surface area contributed by atoms with E-state index in [-0.39, 0.29) is 36.0 Å². The highest BCUT2D eigenvalue weighted by Crippen LogP contribution is 2.60. The van der Waals surface area contributed by atoms with Crippen molar-refractivity contribution in [3.8, 4) is 5.75 Å². The molecule has 0 saturated carbocycles. The Hall–Kier alpha value is -3.54. The summed E-state index contributed by atoms with van der Waals surface area (Å²) in [6, 6.07) is 14.2. The first-order chi connectivity index (χ1) is 20.1. The fourth-order valence-electron chi connectivity index (χ4n) is 7.37. The number of β-lactam (4-membered cyclic amide) rings is 1. The van der Waals surface area contributed by atoms with Crippen LogP contribution in [-0.2, 0) is 32.9 Å². The summed E-state index contributed by atoms with van der Waals surface area (Å²) in [6.07, 6.45) is 3.31. The standard InChI is InChI=1S/C31H39N5O5Si/c1-20-29(42(4,5)24-9-7-23(40-3)8-10-24)27(12-15-35-19-21(14-17-37)32-33-35)41-31(20)25-18-22(36-16-13-28(36)38)6-11-26(25)34(2)30(31)39/h6-11,18-20,27,29,37H,12-17H2,1-5H3/t20-,27+,29-,31+/m1/s1. The van der Waals surface area contributed by atoms with Gasteiger partial charge < -0.3 is 24.4 Å². The van der Waals surface area contributed by atoms with Crippen molar-refractivity contribution >= 4 is 36.4 Å². The van der Waals surface area contributed by atoms with E-state index >= 15 is 0 Å². The van der Waals surface area contributed by atoms with Crippen molar-refractivity contribution in [3.05, 3.63) is 59.9 Å². The molecule has 42 heavy (non-hydrogen) atoms. The molecule has 6 rings (SSSR count). The molecule has 0 bridgehead atoms. The second kappa shape index (κ2) is 10.6. The first-order valence-corrected chi connectivity index (χ1v) is 17.7. The van der Waals surface area contributed by atoms with E-state index in [4.69, 9.17) is 9.47 Å². The minimum absolute atomic E-state index is 0.0221. The van der Waals surface area contributed by atoms with Gasteiger partial charge in [0.2, 0.25) is 5.91 Å². The highest BCUT2D eigenvalue weighted by atomic mass is 28.3. The van der Waals surface area contributed by atoms with Gasteiger partial charge in [0.1, 0.15) is 5.75 Å². The van der Waals surface area contributed by atoms with Gasteiger partial charge >= 0.3 is 0 Å². The number of methoxy groups -OCH3 is 1. The van der Waals surface area contributed by atoms with E-state index in [0.29, 0.717) is 32.4 Å². The van der Waals surface area contributed by atoms with Crippen LogP contribution in [0.15, 0.2) is 48.7 Å². The van der Waals surface area contributed by atoms with Gasteiger partial charge in [-0.05, 0) is 42.3 Å². The number of ether oxygens (including phenoxy) is 2. The van der Waals surface area contributed by atoms with E-state index in [1.807, 2.05) is 43.6 Å². The number of benzene rings is 2. The Labute approximate surface area is 247 Å². The molecular formula is C31H39N5O5Si. The Morgan fingerprint density at radius 1 is 1.17 bits per heavy atom. The van der Waals surface area contributed by atoms with Crippen molar-refractivity contribution in [2.75, 3.05) is 37.1 Å². The molecule has 222 valence electrons. The summed E-state index contributed by atoms with van der Waals surface area (Å²) in [6.45, 7) is 8.17. The number of fused-ring (bicyclic) bond motifs is 2. The summed E-state index contributed by atoms with van der Waals surface area (Å²) in [7, 11) is 1.22. The molecular weight excluding hydrogens is 550 g/mol. The third-order valence-electron chi connectivity index (χ3n) is 9.71. The molecule has 0 aliphatic carbocycles. The fourth-order valence-corrected chi connectivity index (χ4v) is 11.4. The molecule has 4 heterocycles. The number of aromatic nitrogens is 3. The number of anilines is 2. The summed E-state index contributed by atoms with van der Waals surface area (Å²) in [5.74, 6) is 0.728. The van der Waals surface area contributed by atoms with Gasteiger partial charge in [0.15, 0.2) is 5.60 Å². The second-order valence-corrected chi connectivity index (χ2v) is 16.9. The van der Waals surface area contributed by atoms with Crippen LogP contribution in [0.1, 0.15) is 31.0 Å². The Morgan fingerprint density at radius 2 is 1.93 bits per heavy atom. The predicted molar refractivity (Wildman–Crippen MR) is 162 cm³/mol. The van der Waals surface area contributed by atoms with Crippen molar-refractivity contribution in [2.45, 2.75) is 63.1 Å². The predicted octanol–water partition coefficient (Wildman–Crippen LogP) is 2.84. The van der Waals surface area contributed by atoms with Gasteiger partial charge in [0, 0.05) is 63.0 Å². The van der Waals surface area contributed by atoms with E-state index < -0.39 is 13.7 Å². The molecule has 0 unspecified atom stereocenters. The molecule has 2 aromatic carbocycles. The van der Waals surface area contributed by atoms with Crippen LogP contribution in [0.2, 0.25) is 18.6 Å². The number of aliphatic hydroxyl groups is 1. The second-order valence-electron chi connectivity index (χ2n) is 12.3. The third-order valence-corrected chi connectivity index (χ3v) is 14.1. The van der Waals surface area contributed by atoms with Gasteiger partial charge in [-0.1, -0.05) is 42.6 Å². The Kier molecular flexibility index (Phi) is 7.23. The average molecular weight is 590 g/mol. The zero-order valence-electron chi connectivity index (χ0n) is 24.9. The summed E-state index contributed by atoms with van der Waals surface area (Å²) in [5, 5.41) is 19.0. The Morgan fingerprint density at radius 3 is 2.57 bits per heavy atom. The molecule has 1 aromatic heterocycles. The molecule has 10 nitrogen and oxygen atoms in total. The van der Waals surface area contributed by atoms with E-state index in [2.05, 4.69) is 42.5 Å². The van der Waals surface area contributed by atoms with Crippen molar-refractivity contribution in [1.82, 2.24) is 15.0 Å². The molecule has 1 N–H and O–H groups in total. The van der Waals surface area contributed by atoms with Crippen LogP contribution < -0.4 is 19.7 Å². The summed E-state index contributed by atoms with van der Waals surface area (Å²) in [5.41, 5.74) is 2.19. The van der Waals surface area contributed by atoms with Gasteiger partial charge in [-0.25, -0.2) is 0 Å². The normalized spacial score (nSPS) is 25.3. The lowest BCUT2D eigenvalue weighted by Crippen LogP contribution is -2.51. The van der Waals surface area contributed by atoms with Crippen molar-refractivity contribution in [3.63, 3.8) is 0 Å².